The summed E-state index contributed by atoms with van der Waals surface area (Å²) in [7, 11) is -3.89. The Bertz CT molecular complexity index is 2700. The average Bonchev–Trinajstić information content (AvgIpc) is 4.15. The van der Waals surface area contributed by atoms with Crippen molar-refractivity contribution in [3.63, 3.8) is 0 Å². The van der Waals surface area contributed by atoms with Crippen LogP contribution in [0.1, 0.15) is 83.6 Å². The van der Waals surface area contributed by atoms with E-state index in [-0.39, 0.29) is 66.2 Å². The predicted molar refractivity (Wildman–Crippen MR) is 231 cm³/mol. The van der Waals surface area contributed by atoms with Crippen molar-refractivity contribution in [2.24, 2.45) is 17.3 Å². The smallest absolute Gasteiger partial charge is 0.262 e. The van der Waals surface area contributed by atoms with E-state index in [4.69, 9.17) is 23.9 Å². The Hall–Kier alpha value is -5.70. The summed E-state index contributed by atoms with van der Waals surface area (Å²) in [5, 5.41) is -0.216. The molecule has 0 bridgehead atoms. The summed E-state index contributed by atoms with van der Waals surface area (Å²) in [5.74, 6) is -2.15. The largest absolute Gasteiger partial charge is 0.491 e. The normalized spacial score (nSPS) is 25.0. The van der Waals surface area contributed by atoms with Gasteiger partial charge in [0.25, 0.3) is 5.88 Å². The third kappa shape index (κ3) is 9.07. The molecule has 330 valence electrons. The summed E-state index contributed by atoms with van der Waals surface area (Å²) < 4.78 is 75.7. The number of carbonyl (C=O) groups excluding carboxylic acids is 3. The van der Waals surface area contributed by atoms with Gasteiger partial charge in [0.1, 0.15) is 34.6 Å². The lowest BCUT2D eigenvalue weighted by Crippen LogP contribution is -2.46. The van der Waals surface area contributed by atoms with Crippen LogP contribution < -0.4 is 14.2 Å². The van der Waals surface area contributed by atoms with Crippen LogP contribution in [-0.4, -0.2) is 70.9 Å². The zero-order valence-electron chi connectivity index (χ0n) is 35.2. The van der Waals surface area contributed by atoms with Crippen LogP contribution in [0.15, 0.2) is 83.3 Å². The number of furan rings is 1. The first-order valence-electron chi connectivity index (χ1n) is 21.9. The first-order valence-corrected chi connectivity index (χ1v) is 23.4. The molecule has 0 radical (unpaired) electrons. The Morgan fingerprint density at radius 2 is 1.73 bits per heavy atom. The number of fused-ring (bicyclic) bond motifs is 5. The summed E-state index contributed by atoms with van der Waals surface area (Å²) in [6.45, 7) is 3.85. The highest BCUT2D eigenvalue weighted by molar-refractivity contribution is 7.90. The van der Waals surface area contributed by atoms with E-state index in [1.54, 1.807) is 41.3 Å². The first-order chi connectivity index (χ1) is 30.3. The van der Waals surface area contributed by atoms with Crippen molar-refractivity contribution >= 4 is 49.7 Å². The molecule has 2 aliphatic carbocycles. The maximum absolute atomic E-state index is 14.9. The molecule has 0 unspecified atom stereocenters. The number of carbonyl (C=O) groups is 3. The van der Waals surface area contributed by atoms with Gasteiger partial charge in [0.15, 0.2) is 11.6 Å². The number of benzene rings is 3. The third-order valence-electron chi connectivity index (χ3n) is 12.7. The molecule has 15 heteroatoms. The number of nitrogens with zero attached hydrogens (tertiary/aromatic N) is 3. The van der Waals surface area contributed by atoms with Crippen molar-refractivity contribution in [1.82, 2.24) is 19.6 Å². The molecule has 5 atom stereocenters. The van der Waals surface area contributed by atoms with Gasteiger partial charge in [-0.25, -0.2) is 22.2 Å². The quantitative estimate of drug-likeness (QED) is 0.135. The molecule has 1 saturated heterocycles. The first kappa shape index (κ1) is 42.6. The van der Waals surface area contributed by atoms with Crippen LogP contribution in [0.4, 0.5) is 8.78 Å². The van der Waals surface area contributed by atoms with Gasteiger partial charge in [0, 0.05) is 29.7 Å². The number of halogens is 2. The monoisotopic (exact) mass is 880 g/mol. The van der Waals surface area contributed by atoms with E-state index in [9.17, 15) is 31.6 Å². The van der Waals surface area contributed by atoms with E-state index in [2.05, 4.69) is 4.72 Å². The SMILES string of the molecule is CC(C)Oc1ccc(-c2nc(O[C@@H]3C[C@H]4C(=O)C[C@]5(C(=O)NS(=O)(=O)C6CC6)C[C@@H]5/C=C\CCCCC[C@H](Cc5ccc(F)cc5)C(=O)N4C3)c3oc4ccc(F)cc4c3n2)cc1. The second-order valence-electron chi connectivity index (χ2n) is 17.8. The zero-order chi connectivity index (χ0) is 44.0. The molecule has 1 N–H and O–H groups in total. The minimum absolute atomic E-state index is 0.00926. The number of hydrogen-bond acceptors (Lipinski definition) is 10. The van der Waals surface area contributed by atoms with Crippen LogP contribution in [0.2, 0.25) is 0 Å². The topological polar surface area (TPSA) is 158 Å². The standard InChI is InChI=1S/C48H50F2N4O8S/c1-28(2)60-35-17-12-30(13-18-35)44-51-42-38-23-34(50)16-21-41(38)62-43(42)45(52-44)61-36-24-39-40(55)26-48(47(57)53-63(58,59)37-19-20-37)25-32(48)9-7-5-3-4-6-8-31(46(56)54(39)27-36)22-29-10-14-33(49)15-11-29/h7,9-18,21,23,28,31-32,36-37,39H,3-6,8,19-20,22,24-27H2,1-2H3,(H,53,57)/b9-7-/t31-,32+,36-,39+,48-/m1/s1. The molecule has 2 aromatic heterocycles. The van der Waals surface area contributed by atoms with Gasteiger partial charge in [0.05, 0.1) is 29.4 Å². The lowest BCUT2D eigenvalue weighted by Gasteiger charge is -2.29. The van der Waals surface area contributed by atoms with Crippen LogP contribution in [0.3, 0.4) is 0 Å². The van der Waals surface area contributed by atoms with Crippen molar-refractivity contribution in [3.05, 3.63) is 96.1 Å². The number of aromatic nitrogens is 2. The lowest BCUT2D eigenvalue weighted by atomic mass is 9.90. The number of Topliss-reactive ketones (excluding diaryl/α,β-unsaturated/α-hetero) is 1. The second-order valence-corrected chi connectivity index (χ2v) is 19.8. The fourth-order valence-electron chi connectivity index (χ4n) is 9.14. The molecule has 63 heavy (non-hydrogen) atoms. The van der Waals surface area contributed by atoms with Crippen LogP contribution in [0.5, 0.6) is 11.6 Å². The van der Waals surface area contributed by atoms with E-state index < -0.39 is 50.5 Å². The summed E-state index contributed by atoms with van der Waals surface area (Å²) in [6, 6.07) is 16.3. The molecular formula is C48H50F2N4O8S. The van der Waals surface area contributed by atoms with Crippen LogP contribution in [0, 0.1) is 28.9 Å². The molecule has 3 fully saturated rings. The van der Waals surface area contributed by atoms with E-state index in [0.717, 1.165) is 31.2 Å². The molecule has 2 saturated carbocycles. The van der Waals surface area contributed by atoms with E-state index in [0.29, 0.717) is 59.9 Å². The average molecular weight is 881 g/mol. The van der Waals surface area contributed by atoms with Crippen LogP contribution in [0.25, 0.3) is 33.5 Å². The Balaban J connectivity index is 1.07. The van der Waals surface area contributed by atoms with Gasteiger partial charge in [-0.2, -0.15) is 4.98 Å². The summed E-state index contributed by atoms with van der Waals surface area (Å²) in [4.78, 5) is 54.8. The van der Waals surface area contributed by atoms with Crippen molar-refractivity contribution in [1.29, 1.82) is 0 Å². The maximum Gasteiger partial charge on any atom is 0.262 e. The minimum atomic E-state index is -3.89. The number of ether oxygens (including phenoxy) is 2. The number of allylic oxidation sites excluding steroid dienone is 2. The molecule has 3 aromatic carbocycles. The Morgan fingerprint density at radius 1 is 0.968 bits per heavy atom. The van der Waals surface area contributed by atoms with E-state index in [1.807, 2.05) is 26.0 Å². The number of amides is 2. The number of nitrogens with one attached hydrogen (secondary N) is 1. The molecule has 4 aliphatic rings. The Labute approximate surface area is 364 Å². The van der Waals surface area contributed by atoms with Crippen LogP contribution >= 0.6 is 0 Å². The number of sulfonamides is 1. The number of hydrogen-bond donors (Lipinski definition) is 1. The molecular weight excluding hydrogens is 831 g/mol. The van der Waals surface area contributed by atoms with Gasteiger partial charge >= 0.3 is 0 Å². The Kier molecular flexibility index (Phi) is 11.6. The number of ketones is 1. The molecule has 2 aliphatic heterocycles. The van der Waals surface area contributed by atoms with Crippen LogP contribution in [-0.2, 0) is 30.8 Å². The third-order valence-corrected chi connectivity index (χ3v) is 14.6. The molecule has 2 amide bonds. The van der Waals surface area contributed by atoms with Gasteiger partial charge in [-0.3, -0.25) is 19.1 Å². The summed E-state index contributed by atoms with van der Waals surface area (Å²) in [5.41, 5.74) is 0.946. The molecule has 5 aromatic rings. The molecule has 12 nitrogen and oxygen atoms in total. The second kappa shape index (κ2) is 17.1. The van der Waals surface area contributed by atoms with Crippen molar-refractivity contribution in [2.75, 3.05) is 6.54 Å². The summed E-state index contributed by atoms with van der Waals surface area (Å²) >= 11 is 0. The van der Waals surface area contributed by atoms with Gasteiger partial charge in [-0.15, -0.1) is 0 Å². The lowest BCUT2D eigenvalue weighted by molar-refractivity contribution is -0.142. The summed E-state index contributed by atoms with van der Waals surface area (Å²) in [6.07, 6.45) is 8.14. The number of rotatable bonds is 10. The zero-order valence-corrected chi connectivity index (χ0v) is 36.0. The molecule has 9 rings (SSSR count). The van der Waals surface area contributed by atoms with Crippen molar-refractivity contribution in [2.45, 2.75) is 108 Å². The van der Waals surface area contributed by atoms with E-state index >= 15 is 0 Å². The van der Waals surface area contributed by atoms with Gasteiger partial charge in [-0.1, -0.05) is 37.1 Å². The van der Waals surface area contributed by atoms with Gasteiger partial charge < -0.3 is 18.8 Å². The molecule has 4 heterocycles. The highest BCUT2D eigenvalue weighted by Crippen LogP contribution is 2.57. The fraction of sp³-hybridized carbons (Fsp3) is 0.438. The van der Waals surface area contributed by atoms with E-state index in [1.165, 1.54) is 30.3 Å². The molecule has 0 spiro atoms. The van der Waals surface area contributed by atoms with Gasteiger partial charge in [-0.05, 0) is 125 Å². The van der Waals surface area contributed by atoms with Gasteiger partial charge in [0.2, 0.25) is 27.4 Å². The highest BCUT2D eigenvalue weighted by Gasteiger charge is 2.61. The predicted octanol–water partition coefficient (Wildman–Crippen LogP) is 8.41. The Morgan fingerprint density at radius 3 is 2.48 bits per heavy atom. The van der Waals surface area contributed by atoms with Crippen molar-refractivity contribution < 1.29 is 45.5 Å². The maximum atomic E-state index is 14.9. The van der Waals surface area contributed by atoms with Crippen molar-refractivity contribution in [3.8, 4) is 23.0 Å². The highest BCUT2D eigenvalue weighted by atomic mass is 32.2. The minimum Gasteiger partial charge on any atom is -0.491 e. The fourth-order valence-corrected chi connectivity index (χ4v) is 10.5.